The van der Waals surface area contributed by atoms with Gasteiger partial charge in [0.2, 0.25) is 0 Å². The first kappa shape index (κ1) is 9.00. The molecule has 1 aliphatic heterocycles. The molecule has 2 rings (SSSR count). The second kappa shape index (κ2) is 3.29. The first-order chi connectivity index (χ1) is 6.68. The van der Waals surface area contributed by atoms with Crippen molar-refractivity contribution in [1.82, 2.24) is 0 Å². The standard InChI is InChI=1S/C12H13NO/c1-8-11(9(2)14)7-10-5-3-4-6-12(10)13-8/h3-8,13H,1-2H3. The highest BCUT2D eigenvalue weighted by molar-refractivity contribution is 6.01. The largest absolute Gasteiger partial charge is 0.378 e. The van der Waals surface area contributed by atoms with Crippen LogP contribution in [0.2, 0.25) is 0 Å². The molecule has 1 N–H and O–H groups in total. The van der Waals surface area contributed by atoms with E-state index in [0.29, 0.717) is 0 Å². The number of anilines is 1. The van der Waals surface area contributed by atoms with E-state index in [2.05, 4.69) is 5.32 Å². The molecule has 0 spiro atoms. The number of Topliss-reactive ketones (excluding diaryl/α,β-unsaturated/α-hetero) is 1. The van der Waals surface area contributed by atoms with Crippen LogP contribution in [0.1, 0.15) is 19.4 Å². The van der Waals surface area contributed by atoms with Crippen LogP contribution in [-0.4, -0.2) is 11.8 Å². The Bertz CT molecular complexity index is 407. The quantitative estimate of drug-likeness (QED) is 0.731. The zero-order valence-corrected chi connectivity index (χ0v) is 8.37. The number of fused-ring (bicyclic) bond motifs is 1. The van der Waals surface area contributed by atoms with E-state index < -0.39 is 0 Å². The first-order valence-electron chi connectivity index (χ1n) is 4.76. The molecule has 1 aromatic rings. The van der Waals surface area contributed by atoms with Gasteiger partial charge in [-0.25, -0.2) is 0 Å². The molecule has 1 heterocycles. The van der Waals surface area contributed by atoms with Gasteiger partial charge in [0.1, 0.15) is 0 Å². The molecule has 1 aliphatic rings. The highest BCUT2D eigenvalue weighted by atomic mass is 16.1. The van der Waals surface area contributed by atoms with Gasteiger partial charge >= 0.3 is 0 Å². The van der Waals surface area contributed by atoms with E-state index in [9.17, 15) is 4.79 Å². The number of para-hydroxylation sites is 1. The van der Waals surface area contributed by atoms with Gasteiger partial charge in [-0.3, -0.25) is 4.79 Å². The van der Waals surface area contributed by atoms with Crippen molar-refractivity contribution < 1.29 is 4.79 Å². The molecule has 72 valence electrons. The van der Waals surface area contributed by atoms with Gasteiger partial charge in [0.05, 0.1) is 6.04 Å². The highest BCUT2D eigenvalue weighted by Crippen LogP contribution is 2.26. The number of carbonyl (C=O) groups is 1. The van der Waals surface area contributed by atoms with Gasteiger partial charge < -0.3 is 5.32 Å². The Labute approximate surface area is 83.6 Å². The topological polar surface area (TPSA) is 29.1 Å². The van der Waals surface area contributed by atoms with Gasteiger partial charge in [-0.1, -0.05) is 18.2 Å². The third-order valence-electron chi connectivity index (χ3n) is 2.52. The predicted molar refractivity (Wildman–Crippen MR) is 58.2 cm³/mol. The van der Waals surface area contributed by atoms with Crippen LogP contribution < -0.4 is 5.32 Å². The second-order valence-corrected chi connectivity index (χ2v) is 3.61. The molecule has 0 fully saturated rings. The molecule has 1 atom stereocenters. The van der Waals surface area contributed by atoms with Gasteiger partial charge in [0.15, 0.2) is 5.78 Å². The van der Waals surface area contributed by atoms with Gasteiger partial charge in [-0.15, -0.1) is 0 Å². The third kappa shape index (κ3) is 1.43. The van der Waals surface area contributed by atoms with Crippen molar-refractivity contribution in [1.29, 1.82) is 0 Å². The molecular weight excluding hydrogens is 174 g/mol. The number of ketones is 1. The van der Waals surface area contributed by atoms with Crippen LogP contribution in [-0.2, 0) is 4.79 Å². The average molecular weight is 187 g/mol. The lowest BCUT2D eigenvalue weighted by Crippen LogP contribution is -2.25. The molecule has 0 saturated carbocycles. The molecule has 0 amide bonds. The zero-order chi connectivity index (χ0) is 10.1. The maximum Gasteiger partial charge on any atom is 0.157 e. The molecule has 2 nitrogen and oxygen atoms in total. The van der Waals surface area contributed by atoms with Crippen LogP contribution in [0.4, 0.5) is 5.69 Å². The van der Waals surface area contributed by atoms with Crippen molar-refractivity contribution in [3.8, 4) is 0 Å². The maximum absolute atomic E-state index is 11.3. The van der Waals surface area contributed by atoms with E-state index in [1.807, 2.05) is 37.3 Å². The number of benzene rings is 1. The Morgan fingerprint density at radius 3 is 2.79 bits per heavy atom. The van der Waals surface area contributed by atoms with E-state index in [0.717, 1.165) is 16.8 Å². The lowest BCUT2D eigenvalue weighted by atomic mass is 9.96. The van der Waals surface area contributed by atoms with Crippen molar-refractivity contribution >= 4 is 17.5 Å². The van der Waals surface area contributed by atoms with E-state index in [4.69, 9.17) is 0 Å². The molecule has 2 heteroatoms. The Morgan fingerprint density at radius 1 is 1.36 bits per heavy atom. The monoisotopic (exact) mass is 187 g/mol. The summed E-state index contributed by atoms with van der Waals surface area (Å²) in [4.78, 5) is 11.3. The molecule has 0 aromatic heterocycles. The van der Waals surface area contributed by atoms with Crippen LogP contribution in [0, 0.1) is 0 Å². The van der Waals surface area contributed by atoms with Crippen molar-refractivity contribution in [2.24, 2.45) is 0 Å². The summed E-state index contributed by atoms with van der Waals surface area (Å²) in [6, 6.07) is 8.12. The number of nitrogens with one attached hydrogen (secondary N) is 1. The minimum absolute atomic E-state index is 0.113. The molecule has 14 heavy (non-hydrogen) atoms. The predicted octanol–water partition coefficient (Wildman–Crippen LogP) is 2.47. The highest BCUT2D eigenvalue weighted by Gasteiger charge is 2.18. The Hall–Kier alpha value is -1.57. The summed E-state index contributed by atoms with van der Waals surface area (Å²) < 4.78 is 0. The summed E-state index contributed by atoms with van der Waals surface area (Å²) in [7, 11) is 0. The van der Waals surface area contributed by atoms with Gasteiger partial charge in [-0.05, 0) is 31.6 Å². The minimum atomic E-state index is 0.113. The number of hydrogen-bond acceptors (Lipinski definition) is 2. The Balaban J connectivity index is 2.49. The van der Waals surface area contributed by atoms with Crippen molar-refractivity contribution in [2.75, 3.05) is 5.32 Å². The third-order valence-corrected chi connectivity index (χ3v) is 2.52. The van der Waals surface area contributed by atoms with Crippen molar-refractivity contribution in [3.63, 3.8) is 0 Å². The van der Waals surface area contributed by atoms with Crippen LogP contribution in [0.25, 0.3) is 6.08 Å². The average Bonchev–Trinajstić information content (AvgIpc) is 2.16. The molecule has 0 radical (unpaired) electrons. The van der Waals surface area contributed by atoms with E-state index in [1.165, 1.54) is 0 Å². The molecule has 0 bridgehead atoms. The lowest BCUT2D eigenvalue weighted by Gasteiger charge is -2.23. The second-order valence-electron chi connectivity index (χ2n) is 3.61. The molecular formula is C12H13NO. The fraction of sp³-hybridized carbons (Fsp3) is 0.250. The van der Waals surface area contributed by atoms with E-state index >= 15 is 0 Å². The molecule has 1 aromatic carbocycles. The normalized spacial score (nSPS) is 19.3. The van der Waals surface area contributed by atoms with Gasteiger partial charge in [0, 0.05) is 11.3 Å². The summed E-state index contributed by atoms with van der Waals surface area (Å²) in [6.07, 6.45) is 1.97. The SMILES string of the molecule is CC(=O)C1=Cc2ccccc2NC1C. The lowest BCUT2D eigenvalue weighted by molar-refractivity contribution is -0.113. The fourth-order valence-electron chi connectivity index (χ4n) is 1.76. The summed E-state index contributed by atoms with van der Waals surface area (Å²) in [6.45, 7) is 3.61. The zero-order valence-electron chi connectivity index (χ0n) is 8.37. The fourth-order valence-corrected chi connectivity index (χ4v) is 1.76. The Morgan fingerprint density at radius 2 is 2.07 bits per heavy atom. The summed E-state index contributed by atoms with van der Waals surface area (Å²) >= 11 is 0. The maximum atomic E-state index is 11.3. The molecule has 0 saturated heterocycles. The van der Waals surface area contributed by atoms with Crippen LogP contribution >= 0.6 is 0 Å². The number of rotatable bonds is 1. The minimum Gasteiger partial charge on any atom is -0.378 e. The smallest absolute Gasteiger partial charge is 0.157 e. The summed E-state index contributed by atoms with van der Waals surface area (Å²) in [5.74, 6) is 0.138. The van der Waals surface area contributed by atoms with Crippen LogP contribution in [0.5, 0.6) is 0 Å². The molecule has 1 unspecified atom stereocenters. The Kier molecular flexibility index (Phi) is 2.12. The van der Waals surface area contributed by atoms with E-state index in [1.54, 1.807) is 6.92 Å². The van der Waals surface area contributed by atoms with E-state index in [-0.39, 0.29) is 11.8 Å². The number of carbonyl (C=O) groups excluding carboxylic acids is 1. The molecule has 0 aliphatic carbocycles. The van der Waals surface area contributed by atoms with Gasteiger partial charge in [0.25, 0.3) is 0 Å². The van der Waals surface area contributed by atoms with Gasteiger partial charge in [-0.2, -0.15) is 0 Å². The number of hydrogen-bond donors (Lipinski definition) is 1. The van der Waals surface area contributed by atoms with Crippen LogP contribution in [0.15, 0.2) is 29.8 Å². The summed E-state index contributed by atoms with van der Waals surface area (Å²) in [5.41, 5.74) is 3.05. The van der Waals surface area contributed by atoms with Crippen molar-refractivity contribution in [3.05, 3.63) is 35.4 Å². The first-order valence-corrected chi connectivity index (χ1v) is 4.76. The van der Waals surface area contributed by atoms with Crippen molar-refractivity contribution in [2.45, 2.75) is 19.9 Å². The van der Waals surface area contributed by atoms with Crippen LogP contribution in [0.3, 0.4) is 0 Å². The summed E-state index contributed by atoms with van der Waals surface area (Å²) in [5, 5.41) is 3.30.